The van der Waals surface area contributed by atoms with Crippen LogP contribution in [-0.4, -0.2) is 47.9 Å². The van der Waals surface area contributed by atoms with Crippen LogP contribution in [0.4, 0.5) is 0 Å². The van der Waals surface area contributed by atoms with Crippen LogP contribution in [0.2, 0.25) is 0 Å². The van der Waals surface area contributed by atoms with Crippen LogP contribution in [0.5, 0.6) is 0 Å². The van der Waals surface area contributed by atoms with E-state index in [1.807, 2.05) is 20.8 Å². The number of hydrogen-bond acceptors (Lipinski definition) is 2. The van der Waals surface area contributed by atoms with Gasteiger partial charge in [0.25, 0.3) is 0 Å². The number of piperidine rings is 1. The Balaban J connectivity index is 1.82. The van der Waals surface area contributed by atoms with E-state index in [2.05, 4.69) is 9.80 Å². The smallest absolute Gasteiger partial charge is 0.227 e. The number of nitrogens with zero attached hydrogens (tertiary/aromatic N) is 2. The van der Waals surface area contributed by atoms with Gasteiger partial charge in [0, 0.05) is 24.5 Å². The summed E-state index contributed by atoms with van der Waals surface area (Å²) in [4.78, 5) is 16.7. The lowest BCUT2D eigenvalue weighted by Crippen LogP contribution is -2.52. The summed E-state index contributed by atoms with van der Waals surface area (Å²) in [6.07, 6.45) is 3.70. The van der Waals surface area contributed by atoms with Crippen molar-refractivity contribution in [2.75, 3.05) is 26.2 Å². The zero-order chi connectivity index (χ0) is 11.8. The fraction of sp³-hybridized carbons (Fsp3) is 0.923. The standard InChI is InChI=1S/C13H24N2O/c1-13(2,3)12(16)15-9-5-11(6-10-15)14-7-4-8-14/h11H,4-10H2,1-3H3. The van der Waals surface area contributed by atoms with E-state index in [0.29, 0.717) is 5.91 Å². The molecule has 2 rings (SSSR count). The molecule has 92 valence electrons. The largest absolute Gasteiger partial charge is 0.342 e. The Kier molecular flexibility index (Phi) is 3.24. The summed E-state index contributed by atoms with van der Waals surface area (Å²) in [6.45, 7) is 10.5. The van der Waals surface area contributed by atoms with Crippen molar-refractivity contribution in [1.29, 1.82) is 0 Å². The molecule has 2 aliphatic rings. The Morgan fingerprint density at radius 1 is 1.06 bits per heavy atom. The van der Waals surface area contributed by atoms with Gasteiger partial charge in [-0.15, -0.1) is 0 Å². The molecule has 2 heterocycles. The minimum absolute atomic E-state index is 0.219. The number of carbonyl (C=O) groups excluding carboxylic acids is 1. The number of likely N-dealkylation sites (tertiary alicyclic amines) is 2. The van der Waals surface area contributed by atoms with Crippen molar-refractivity contribution in [3.8, 4) is 0 Å². The molecule has 0 aromatic rings. The maximum atomic E-state index is 12.1. The maximum absolute atomic E-state index is 12.1. The van der Waals surface area contributed by atoms with Crippen LogP contribution in [0.3, 0.4) is 0 Å². The van der Waals surface area contributed by atoms with E-state index in [0.717, 1.165) is 19.1 Å². The molecule has 3 heteroatoms. The molecule has 0 aromatic heterocycles. The van der Waals surface area contributed by atoms with Crippen LogP contribution in [0, 0.1) is 5.41 Å². The molecule has 0 saturated carbocycles. The van der Waals surface area contributed by atoms with E-state index in [4.69, 9.17) is 0 Å². The summed E-state index contributed by atoms with van der Waals surface area (Å²) in [5.41, 5.74) is -0.219. The van der Waals surface area contributed by atoms with Gasteiger partial charge in [-0.1, -0.05) is 20.8 Å². The molecule has 16 heavy (non-hydrogen) atoms. The highest BCUT2D eigenvalue weighted by Gasteiger charge is 2.33. The second kappa shape index (κ2) is 4.36. The van der Waals surface area contributed by atoms with E-state index in [9.17, 15) is 4.79 Å². The van der Waals surface area contributed by atoms with Crippen molar-refractivity contribution >= 4 is 5.91 Å². The summed E-state index contributed by atoms with van der Waals surface area (Å²) < 4.78 is 0. The first kappa shape index (κ1) is 11.9. The second-order valence-corrected chi connectivity index (χ2v) is 6.16. The van der Waals surface area contributed by atoms with E-state index in [-0.39, 0.29) is 5.41 Å². The fourth-order valence-electron chi connectivity index (χ4n) is 2.61. The molecule has 1 amide bonds. The molecule has 0 atom stereocenters. The van der Waals surface area contributed by atoms with Crippen LogP contribution >= 0.6 is 0 Å². The molecule has 0 radical (unpaired) electrons. The minimum Gasteiger partial charge on any atom is -0.342 e. The monoisotopic (exact) mass is 224 g/mol. The summed E-state index contributed by atoms with van der Waals surface area (Å²) in [6, 6.07) is 0.748. The quantitative estimate of drug-likeness (QED) is 0.677. The third-order valence-corrected chi connectivity index (χ3v) is 3.80. The Hall–Kier alpha value is -0.570. The van der Waals surface area contributed by atoms with Gasteiger partial charge in [-0.3, -0.25) is 4.79 Å². The lowest BCUT2D eigenvalue weighted by Gasteiger charge is -2.43. The van der Waals surface area contributed by atoms with Crippen molar-refractivity contribution in [1.82, 2.24) is 9.80 Å². The Morgan fingerprint density at radius 3 is 2.00 bits per heavy atom. The third kappa shape index (κ3) is 2.40. The molecule has 2 fully saturated rings. The van der Waals surface area contributed by atoms with Gasteiger partial charge in [-0.05, 0) is 32.4 Å². The van der Waals surface area contributed by atoms with Gasteiger partial charge in [-0.25, -0.2) is 0 Å². The van der Waals surface area contributed by atoms with Crippen LogP contribution in [0.1, 0.15) is 40.0 Å². The molecule has 0 N–H and O–H groups in total. The first-order valence-electron chi connectivity index (χ1n) is 6.52. The Bertz CT molecular complexity index is 258. The molecule has 0 unspecified atom stereocenters. The average molecular weight is 224 g/mol. The zero-order valence-electron chi connectivity index (χ0n) is 10.8. The highest BCUT2D eigenvalue weighted by molar-refractivity contribution is 5.81. The topological polar surface area (TPSA) is 23.6 Å². The summed E-state index contributed by atoms with van der Waals surface area (Å²) in [7, 11) is 0. The van der Waals surface area contributed by atoms with Gasteiger partial charge in [0.15, 0.2) is 0 Å². The fourth-order valence-corrected chi connectivity index (χ4v) is 2.61. The molecule has 0 spiro atoms. The number of rotatable bonds is 1. The highest BCUT2D eigenvalue weighted by atomic mass is 16.2. The summed E-state index contributed by atoms with van der Waals surface area (Å²) in [5, 5.41) is 0. The maximum Gasteiger partial charge on any atom is 0.227 e. The lowest BCUT2D eigenvalue weighted by molar-refractivity contribution is -0.141. The lowest BCUT2D eigenvalue weighted by atomic mass is 9.92. The van der Waals surface area contributed by atoms with Gasteiger partial charge < -0.3 is 9.80 Å². The van der Waals surface area contributed by atoms with Crippen LogP contribution in [0.25, 0.3) is 0 Å². The first-order chi connectivity index (χ1) is 7.48. The average Bonchev–Trinajstić information content (AvgIpc) is 2.14. The molecule has 0 bridgehead atoms. The SMILES string of the molecule is CC(C)(C)C(=O)N1CCC(N2CCC2)CC1. The minimum atomic E-state index is -0.219. The van der Waals surface area contributed by atoms with Crippen molar-refractivity contribution in [3.05, 3.63) is 0 Å². The Labute approximate surface area is 98.8 Å². The van der Waals surface area contributed by atoms with Gasteiger partial charge >= 0.3 is 0 Å². The number of amides is 1. The van der Waals surface area contributed by atoms with Gasteiger partial charge in [0.2, 0.25) is 5.91 Å². The van der Waals surface area contributed by atoms with Crippen molar-refractivity contribution in [2.45, 2.75) is 46.1 Å². The normalized spacial score (nSPS) is 24.3. The third-order valence-electron chi connectivity index (χ3n) is 3.80. The van der Waals surface area contributed by atoms with Crippen LogP contribution in [-0.2, 0) is 4.79 Å². The van der Waals surface area contributed by atoms with E-state index in [1.54, 1.807) is 0 Å². The number of hydrogen-bond donors (Lipinski definition) is 0. The van der Waals surface area contributed by atoms with E-state index in [1.165, 1.54) is 32.4 Å². The number of carbonyl (C=O) groups is 1. The summed E-state index contributed by atoms with van der Waals surface area (Å²) >= 11 is 0. The Morgan fingerprint density at radius 2 is 1.62 bits per heavy atom. The molecule has 3 nitrogen and oxygen atoms in total. The molecule has 0 aliphatic carbocycles. The van der Waals surface area contributed by atoms with Crippen molar-refractivity contribution in [2.24, 2.45) is 5.41 Å². The molecule has 2 saturated heterocycles. The van der Waals surface area contributed by atoms with Crippen molar-refractivity contribution in [3.63, 3.8) is 0 Å². The van der Waals surface area contributed by atoms with Crippen LogP contribution < -0.4 is 0 Å². The first-order valence-corrected chi connectivity index (χ1v) is 6.52. The molecular formula is C13H24N2O. The molecular weight excluding hydrogens is 200 g/mol. The molecule has 0 aromatic carbocycles. The second-order valence-electron chi connectivity index (χ2n) is 6.16. The zero-order valence-corrected chi connectivity index (χ0v) is 10.8. The molecule has 2 aliphatic heterocycles. The predicted octanol–water partition coefficient (Wildman–Crippen LogP) is 1.73. The predicted molar refractivity (Wildman–Crippen MR) is 65.2 cm³/mol. The van der Waals surface area contributed by atoms with Gasteiger partial charge in [0.1, 0.15) is 0 Å². The van der Waals surface area contributed by atoms with Crippen LogP contribution in [0.15, 0.2) is 0 Å². The summed E-state index contributed by atoms with van der Waals surface area (Å²) in [5.74, 6) is 0.314. The van der Waals surface area contributed by atoms with Crippen molar-refractivity contribution < 1.29 is 4.79 Å². The highest BCUT2D eigenvalue weighted by Crippen LogP contribution is 2.24. The van der Waals surface area contributed by atoms with E-state index < -0.39 is 0 Å². The van der Waals surface area contributed by atoms with Gasteiger partial charge in [-0.2, -0.15) is 0 Å². The van der Waals surface area contributed by atoms with E-state index >= 15 is 0 Å². The van der Waals surface area contributed by atoms with Gasteiger partial charge in [0.05, 0.1) is 0 Å².